The molecule has 1 aromatic rings. The first-order valence-corrected chi connectivity index (χ1v) is 5.86. The average Bonchev–Trinajstić information content (AvgIpc) is 2.07. The Labute approximate surface area is 76.4 Å². The fourth-order valence-electron chi connectivity index (χ4n) is 1.40. The van der Waals surface area contributed by atoms with Crippen LogP contribution in [0.1, 0.15) is 25.0 Å². The van der Waals surface area contributed by atoms with Gasteiger partial charge in [-0.15, -0.1) is 0 Å². The van der Waals surface area contributed by atoms with E-state index in [1.54, 1.807) is 0 Å². The Balaban J connectivity index is 2.80. The molecule has 0 aliphatic carbocycles. The second-order valence-corrected chi connectivity index (χ2v) is 4.69. The van der Waals surface area contributed by atoms with Crippen molar-refractivity contribution in [3.05, 3.63) is 35.9 Å². The molecule has 66 valence electrons. The molecule has 0 spiro atoms. The standard InChI is InChI=1S/C10H16OSi/c1-8(2)10(12-11)9-6-4-3-5-7-9/h3-8,10-11H,12H2,1-2H3. The van der Waals surface area contributed by atoms with Gasteiger partial charge in [0.2, 0.25) is 0 Å². The van der Waals surface area contributed by atoms with Gasteiger partial charge in [-0.05, 0) is 17.0 Å². The van der Waals surface area contributed by atoms with Gasteiger partial charge < -0.3 is 4.80 Å². The van der Waals surface area contributed by atoms with Crippen LogP contribution in [0.3, 0.4) is 0 Å². The second-order valence-electron chi connectivity index (χ2n) is 3.44. The SMILES string of the molecule is CC(C)C([SiH2]O)c1ccccc1. The van der Waals surface area contributed by atoms with E-state index in [0.717, 1.165) is 0 Å². The minimum atomic E-state index is -0.918. The van der Waals surface area contributed by atoms with Crippen molar-refractivity contribution >= 4 is 9.76 Å². The third-order valence-corrected chi connectivity index (χ3v) is 4.04. The number of benzene rings is 1. The summed E-state index contributed by atoms with van der Waals surface area (Å²) in [5.41, 5.74) is 1.72. The van der Waals surface area contributed by atoms with E-state index in [2.05, 4.69) is 26.0 Å². The highest BCUT2D eigenvalue weighted by molar-refractivity contribution is 6.28. The Morgan fingerprint density at radius 3 is 2.17 bits per heavy atom. The van der Waals surface area contributed by atoms with E-state index in [1.807, 2.05) is 18.2 Å². The fraction of sp³-hybridized carbons (Fsp3) is 0.400. The number of rotatable bonds is 3. The molecule has 0 heterocycles. The molecule has 12 heavy (non-hydrogen) atoms. The summed E-state index contributed by atoms with van der Waals surface area (Å²) in [5, 5.41) is 0. The summed E-state index contributed by atoms with van der Waals surface area (Å²) in [6.45, 7) is 4.34. The Bertz CT molecular complexity index is 221. The summed E-state index contributed by atoms with van der Waals surface area (Å²) in [6.07, 6.45) is 0. The van der Waals surface area contributed by atoms with Crippen LogP contribution in [-0.2, 0) is 0 Å². The van der Waals surface area contributed by atoms with Crippen molar-refractivity contribution in [3.8, 4) is 0 Å². The van der Waals surface area contributed by atoms with E-state index in [1.165, 1.54) is 5.56 Å². The lowest BCUT2D eigenvalue weighted by Gasteiger charge is -2.17. The van der Waals surface area contributed by atoms with E-state index < -0.39 is 9.76 Å². The van der Waals surface area contributed by atoms with Crippen LogP contribution in [0.25, 0.3) is 0 Å². The fourth-order valence-corrected chi connectivity index (χ4v) is 2.31. The summed E-state index contributed by atoms with van der Waals surface area (Å²) < 4.78 is 0. The van der Waals surface area contributed by atoms with Gasteiger partial charge in [0.25, 0.3) is 0 Å². The Hall–Kier alpha value is -0.603. The number of hydrogen-bond donors (Lipinski definition) is 1. The molecule has 0 aromatic heterocycles. The topological polar surface area (TPSA) is 20.2 Å². The van der Waals surface area contributed by atoms with Crippen molar-refractivity contribution < 1.29 is 4.80 Å². The van der Waals surface area contributed by atoms with Crippen molar-refractivity contribution in [1.82, 2.24) is 0 Å². The van der Waals surface area contributed by atoms with E-state index in [4.69, 9.17) is 0 Å². The predicted octanol–water partition coefficient (Wildman–Crippen LogP) is 1.46. The monoisotopic (exact) mass is 180 g/mol. The molecule has 1 unspecified atom stereocenters. The maximum atomic E-state index is 9.29. The normalized spacial score (nSPS) is 14.3. The van der Waals surface area contributed by atoms with Crippen molar-refractivity contribution in [2.24, 2.45) is 5.92 Å². The third-order valence-electron chi connectivity index (χ3n) is 2.23. The van der Waals surface area contributed by atoms with Gasteiger partial charge in [0.15, 0.2) is 9.76 Å². The summed E-state index contributed by atoms with van der Waals surface area (Å²) in [5.74, 6) is 0.559. The van der Waals surface area contributed by atoms with E-state index in [0.29, 0.717) is 11.5 Å². The molecule has 1 rings (SSSR count). The largest absolute Gasteiger partial charge is 0.438 e. The summed E-state index contributed by atoms with van der Waals surface area (Å²) in [4.78, 5) is 9.29. The molecule has 0 fully saturated rings. The van der Waals surface area contributed by atoms with Gasteiger partial charge >= 0.3 is 0 Å². The highest BCUT2D eigenvalue weighted by atomic mass is 28.2. The van der Waals surface area contributed by atoms with Crippen LogP contribution >= 0.6 is 0 Å². The average molecular weight is 180 g/mol. The molecule has 2 heteroatoms. The summed E-state index contributed by atoms with van der Waals surface area (Å²) >= 11 is 0. The first-order chi connectivity index (χ1) is 5.75. The lowest BCUT2D eigenvalue weighted by molar-refractivity contribution is 0.527. The van der Waals surface area contributed by atoms with Gasteiger partial charge in [-0.2, -0.15) is 0 Å². The molecule has 0 aliphatic rings. The van der Waals surface area contributed by atoms with Crippen LogP contribution in [0, 0.1) is 5.92 Å². The van der Waals surface area contributed by atoms with Gasteiger partial charge in [-0.1, -0.05) is 44.2 Å². The maximum absolute atomic E-state index is 9.29. The third kappa shape index (κ3) is 2.19. The van der Waals surface area contributed by atoms with Gasteiger partial charge in [0, 0.05) is 0 Å². The quantitative estimate of drug-likeness (QED) is 0.698. The minimum Gasteiger partial charge on any atom is -0.438 e. The lowest BCUT2D eigenvalue weighted by atomic mass is 10.0. The molecule has 0 saturated carbocycles. The van der Waals surface area contributed by atoms with E-state index in [-0.39, 0.29) is 0 Å². The second kappa shape index (κ2) is 4.43. The Morgan fingerprint density at radius 2 is 1.75 bits per heavy atom. The Morgan fingerprint density at radius 1 is 1.17 bits per heavy atom. The molecule has 1 N–H and O–H groups in total. The van der Waals surface area contributed by atoms with Crippen LogP contribution in [0.5, 0.6) is 0 Å². The molecule has 0 amide bonds. The van der Waals surface area contributed by atoms with Gasteiger partial charge in [0.1, 0.15) is 0 Å². The molecule has 0 aliphatic heterocycles. The summed E-state index contributed by atoms with van der Waals surface area (Å²) in [6, 6.07) is 10.3. The Kier molecular flexibility index (Phi) is 3.50. The molecular weight excluding hydrogens is 164 g/mol. The van der Waals surface area contributed by atoms with Crippen LogP contribution in [0.15, 0.2) is 30.3 Å². The highest BCUT2D eigenvalue weighted by Crippen LogP contribution is 2.21. The zero-order valence-electron chi connectivity index (χ0n) is 7.70. The summed E-state index contributed by atoms with van der Waals surface area (Å²) in [7, 11) is -0.918. The molecule has 0 radical (unpaired) electrons. The van der Waals surface area contributed by atoms with Gasteiger partial charge in [-0.25, -0.2) is 0 Å². The first-order valence-electron chi connectivity index (χ1n) is 4.41. The van der Waals surface area contributed by atoms with Crippen LogP contribution in [-0.4, -0.2) is 14.6 Å². The molecule has 0 bridgehead atoms. The lowest BCUT2D eigenvalue weighted by Crippen LogP contribution is -2.13. The van der Waals surface area contributed by atoms with Crippen LogP contribution < -0.4 is 0 Å². The maximum Gasteiger partial charge on any atom is 0.164 e. The van der Waals surface area contributed by atoms with Crippen molar-refractivity contribution in [3.63, 3.8) is 0 Å². The van der Waals surface area contributed by atoms with Crippen molar-refractivity contribution in [2.75, 3.05) is 0 Å². The highest BCUT2D eigenvalue weighted by Gasteiger charge is 2.14. The molecule has 0 saturated heterocycles. The molecule has 1 nitrogen and oxygen atoms in total. The van der Waals surface area contributed by atoms with Gasteiger partial charge in [0.05, 0.1) is 0 Å². The smallest absolute Gasteiger partial charge is 0.164 e. The molecular formula is C10H16OSi. The zero-order valence-corrected chi connectivity index (χ0v) is 9.11. The first kappa shape index (κ1) is 9.48. The predicted molar refractivity (Wildman–Crippen MR) is 54.8 cm³/mol. The molecule has 1 atom stereocenters. The van der Waals surface area contributed by atoms with Crippen molar-refractivity contribution in [2.45, 2.75) is 19.4 Å². The van der Waals surface area contributed by atoms with Crippen molar-refractivity contribution in [1.29, 1.82) is 0 Å². The van der Waals surface area contributed by atoms with Crippen LogP contribution in [0.2, 0.25) is 0 Å². The van der Waals surface area contributed by atoms with E-state index >= 15 is 0 Å². The van der Waals surface area contributed by atoms with E-state index in [9.17, 15) is 4.80 Å². The van der Waals surface area contributed by atoms with Gasteiger partial charge in [-0.3, -0.25) is 0 Å². The number of hydrogen-bond acceptors (Lipinski definition) is 1. The minimum absolute atomic E-state index is 0.422. The zero-order chi connectivity index (χ0) is 8.97. The molecule has 1 aromatic carbocycles. The van der Waals surface area contributed by atoms with Crippen LogP contribution in [0.4, 0.5) is 0 Å².